The molecule has 0 saturated heterocycles. The normalized spacial score (nSPS) is 14.4. The number of benzene rings is 1. The van der Waals surface area contributed by atoms with Gasteiger partial charge >= 0.3 is 6.18 Å². The van der Waals surface area contributed by atoms with Crippen molar-refractivity contribution in [2.45, 2.75) is 12.2 Å². The van der Waals surface area contributed by atoms with Crippen molar-refractivity contribution in [2.75, 3.05) is 0 Å². The number of fused-ring (bicyclic) bond motifs is 1. The van der Waals surface area contributed by atoms with Gasteiger partial charge in [-0.1, -0.05) is 12.1 Å². The standard InChI is InChI=1S/C10H8F3NO/c11-10(12,13)9(14)7-2-1-6-3-4-15-8(6)5-7/h1-5,9H,14H2/t9-/m0/s1. The molecule has 0 unspecified atom stereocenters. The Balaban J connectivity index is 2.44. The smallest absolute Gasteiger partial charge is 0.407 e. The van der Waals surface area contributed by atoms with E-state index in [1.165, 1.54) is 18.4 Å². The van der Waals surface area contributed by atoms with E-state index in [0.29, 0.717) is 5.58 Å². The van der Waals surface area contributed by atoms with E-state index in [1.807, 2.05) is 0 Å². The first kappa shape index (κ1) is 10.0. The number of halogens is 3. The lowest BCUT2D eigenvalue weighted by Gasteiger charge is -2.15. The molecule has 15 heavy (non-hydrogen) atoms. The van der Waals surface area contributed by atoms with E-state index in [-0.39, 0.29) is 5.56 Å². The minimum atomic E-state index is -4.43. The van der Waals surface area contributed by atoms with Crippen LogP contribution in [0, 0.1) is 0 Å². The maximum atomic E-state index is 12.3. The minimum absolute atomic E-state index is 0.00458. The number of hydrogen-bond donors (Lipinski definition) is 1. The van der Waals surface area contributed by atoms with Crippen LogP contribution in [0.3, 0.4) is 0 Å². The monoisotopic (exact) mass is 215 g/mol. The van der Waals surface area contributed by atoms with Crippen molar-refractivity contribution in [3.63, 3.8) is 0 Å². The van der Waals surface area contributed by atoms with Crippen LogP contribution in [0.4, 0.5) is 13.2 Å². The first-order valence-corrected chi connectivity index (χ1v) is 4.28. The van der Waals surface area contributed by atoms with Crippen LogP contribution in [0.25, 0.3) is 11.0 Å². The zero-order valence-electron chi connectivity index (χ0n) is 7.58. The molecule has 0 amide bonds. The number of furan rings is 1. The second-order valence-corrected chi connectivity index (χ2v) is 3.24. The predicted octanol–water partition coefficient (Wildman–Crippen LogP) is 2.99. The van der Waals surface area contributed by atoms with Gasteiger partial charge in [0.05, 0.1) is 6.26 Å². The molecular weight excluding hydrogens is 207 g/mol. The van der Waals surface area contributed by atoms with Crippen molar-refractivity contribution in [3.8, 4) is 0 Å². The molecule has 2 nitrogen and oxygen atoms in total. The van der Waals surface area contributed by atoms with E-state index in [4.69, 9.17) is 10.2 Å². The van der Waals surface area contributed by atoms with E-state index < -0.39 is 12.2 Å². The Morgan fingerprint density at radius 1 is 1.20 bits per heavy atom. The molecule has 0 fully saturated rings. The van der Waals surface area contributed by atoms with E-state index in [9.17, 15) is 13.2 Å². The number of hydrogen-bond acceptors (Lipinski definition) is 2. The molecule has 1 heterocycles. The Morgan fingerprint density at radius 2 is 1.93 bits per heavy atom. The fourth-order valence-corrected chi connectivity index (χ4v) is 1.35. The Labute approximate surface area is 83.5 Å². The molecular formula is C10H8F3NO. The molecule has 1 aromatic carbocycles. The Hall–Kier alpha value is -1.49. The van der Waals surface area contributed by atoms with Crippen LogP contribution in [0.15, 0.2) is 34.9 Å². The lowest BCUT2D eigenvalue weighted by Crippen LogP contribution is -2.28. The molecule has 0 aliphatic heterocycles. The Morgan fingerprint density at radius 3 is 2.60 bits per heavy atom. The van der Waals surface area contributed by atoms with Gasteiger partial charge in [0.25, 0.3) is 0 Å². The van der Waals surface area contributed by atoms with Crippen LogP contribution in [-0.2, 0) is 0 Å². The largest absolute Gasteiger partial charge is 0.464 e. The van der Waals surface area contributed by atoms with Crippen molar-refractivity contribution < 1.29 is 17.6 Å². The Kier molecular flexibility index (Phi) is 2.19. The van der Waals surface area contributed by atoms with Crippen LogP contribution >= 0.6 is 0 Å². The predicted molar refractivity (Wildman–Crippen MR) is 49.2 cm³/mol. The van der Waals surface area contributed by atoms with E-state index in [0.717, 1.165) is 5.39 Å². The van der Waals surface area contributed by atoms with Crippen molar-refractivity contribution in [3.05, 3.63) is 36.1 Å². The second kappa shape index (κ2) is 3.27. The summed E-state index contributed by atoms with van der Waals surface area (Å²) in [5.74, 6) is 0. The fraction of sp³-hybridized carbons (Fsp3) is 0.200. The molecule has 0 saturated carbocycles. The molecule has 1 aromatic heterocycles. The van der Waals surface area contributed by atoms with Gasteiger partial charge in [0.2, 0.25) is 0 Å². The van der Waals surface area contributed by atoms with Gasteiger partial charge in [-0.3, -0.25) is 0 Å². The molecule has 5 heteroatoms. The van der Waals surface area contributed by atoms with Crippen LogP contribution in [0.2, 0.25) is 0 Å². The zero-order valence-corrected chi connectivity index (χ0v) is 7.58. The Bertz CT molecular complexity index is 475. The first-order valence-electron chi connectivity index (χ1n) is 4.28. The summed E-state index contributed by atoms with van der Waals surface area (Å²) in [5.41, 5.74) is 5.48. The average molecular weight is 215 g/mol. The summed E-state index contributed by atoms with van der Waals surface area (Å²) in [6.07, 6.45) is -3.01. The molecule has 80 valence electrons. The summed E-state index contributed by atoms with van der Waals surface area (Å²) in [5, 5.41) is 0.758. The summed E-state index contributed by atoms with van der Waals surface area (Å²) in [6, 6.07) is 3.94. The molecule has 0 aliphatic rings. The first-order chi connectivity index (χ1) is 6.98. The van der Waals surface area contributed by atoms with Crippen LogP contribution in [-0.4, -0.2) is 6.18 Å². The minimum Gasteiger partial charge on any atom is -0.464 e. The van der Waals surface area contributed by atoms with E-state index >= 15 is 0 Å². The quantitative estimate of drug-likeness (QED) is 0.794. The van der Waals surface area contributed by atoms with Gasteiger partial charge in [-0.25, -0.2) is 0 Å². The highest BCUT2D eigenvalue weighted by molar-refractivity contribution is 5.77. The molecule has 0 bridgehead atoms. The molecule has 0 aliphatic carbocycles. The fourth-order valence-electron chi connectivity index (χ4n) is 1.35. The molecule has 2 rings (SSSR count). The zero-order chi connectivity index (χ0) is 11.1. The van der Waals surface area contributed by atoms with Crippen molar-refractivity contribution in [2.24, 2.45) is 5.73 Å². The maximum absolute atomic E-state index is 12.3. The van der Waals surface area contributed by atoms with Gasteiger partial charge < -0.3 is 10.2 Å². The van der Waals surface area contributed by atoms with E-state index in [1.54, 1.807) is 12.1 Å². The van der Waals surface area contributed by atoms with Gasteiger partial charge in [-0.2, -0.15) is 13.2 Å². The summed E-state index contributed by atoms with van der Waals surface area (Å²) >= 11 is 0. The van der Waals surface area contributed by atoms with Gasteiger partial charge in [0.15, 0.2) is 0 Å². The molecule has 2 N–H and O–H groups in total. The lowest BCUT2D eigenvalue weighted by atomic mass is 10.1. The molecule has 1 atom stereocenters. The highest BCUT2D eigenvalue weighted by atomic mass is 19.4. The van der Waals surface area contributed by atoms with Gasteiger partial charge in [-0.15, -0.1) is 0 Å². The van der Waals surface area contributed by atoms with Crippen LogP contribution < -0.4 is 5.73 Å². The molecule has 0 spiro atoms. The summed E-state index contributed by atoms with van der Waals surface area (Å²) < 4.78 is 41.9. The lowest BCUT2D eigenvalue weighted by molar-refractivity contribution is -0.149. The van der Waals surface area contributed by atoms with Crippen LogP contribution in [0.1, 0.15) is 11.6 Å². The third kappa shape index (κ3) is 1.83. The maximum Gasteiger partial charge on any atom is 0.407 e. The van der Waals surface area contributed by atoms with Crippen molar-refractivity contribution in [1.82, 2.24) is 0 Å². The van der Waals surface area contributed by atoms with Gasteiger partial charge in [0, 0.05) is 5.39 Å². The van der Waals surface area contributed by atoms with Crippen LogP contribution in [0.5, 0.6) is 0 Å². The SMILES string of the molecule is N[C@@H](c1ccc2ccoc2c1)C(F)(F)F. The third-order valence-electron chi connectivity index (χ3n) is 2.19. The number of alkyl halides is 3. The van der Waals surface area contributed by atoms with Crippen molar-refractivity contribution in [1.29, 1.82) is 0 Å². The summed E-state index contributed by atoms with van der Waals surface area (Å²) in [6.45, 7) is 0. The topological polar surface area (TPSA) is 39.2 Å². The highest BCUT2D eigenvalue weighted by Gasteiger charge is 2.37. The third-order valence-corrected chi connectivity index (χ3v) is 2.19. The summed E-state index contributed by atoms with van der Waals surface area (Å²) in [4.78, 5) is 0. The second-order valence-electron chi connectivity index (χ2n) is 3.24. The number of nitrogens with two attached hydrogens (primary N) is 1. The average Bonchev–Trinajstić information content (AvgIpc) is 2.61. The molecule has 2 aromatic rings. The summed E-state index contributed by atoms with van der Waals surface area (Å²) in [7, 11) is 0. The highest BCUT2D eigenvalue weighted by Crippen LogP contribution is 2.31. The molecule has 0 radical (unpaired) electrons. The van der Waals surface area contributed by atoms with Gasteiger partial charge in [-0.05, 0) is 17.7 Å². The van der Waals surface area contributed by atoms with Crippen molar-refractivity contribution >= 4 is 11.0 Å². The van der Waals surface area contributed by atoms with Gasteiger partial charge in [0.1, 0.15) is 11.6 Å². The number of rotatable bonds is 1. The van der Waals surface area contributed by atoms with E-state index in [2.05, 4.69) is 0 Å².